The Morgan fingerprint density at radius 3 is 2.47 bits per heavy atom. The fraction of sp³-hybridized carbons (Fsp3) is 0.692. The van der Waals surface area contributed by atoms with E-state index in [2.05, 4.69) is 50.9 Å². The van der Waals surface area contributed by atoms with Crippen molar-refractivity contribution in [1.29, 1.82) is 0 Å². The van der Waals surface area contributed by atoms with Gasteiger partial charge in [-0.05, 0) is 35.8 Å². The summed E-state index contributed by atoms with van der Waals surface area (Å²) in [6, 6.07) is 2.18. The van der Waals surface area contributed by atoms with Gasteiger partial charge in [-0.15, -0.1) is 0 Å². The van der Waals surface area contributed by atoms with Gasteiger partial charge < -0.3 is 0 Å². The Bertz CT molecular complexity index is 311. The van der Waals surface area contributed by atoms with Crippen LogP contribution in [0.4, 0.5) is 0 Å². The van der Waals surface area contributed by atoms with E-state index >= 15 is 0 Å². The fourth-order valence-corrected chi connectivity index (χ4v) is 1.37. The van der Waals surface area contributed by atoms with Gasteiger partial charge in [-0.1, -0.05) is 34.6 Å². The molecule has 0 aliphatic rings. The van der Waals surface area contributed by atoms with Gasteiger partial charge in [0, 0.05) is 0 Å². The normalized spacial score (nSPS) is 12.1. The molecule has 84 valence electrons. The lowest BCUT2D eigenvalue weighted by Crippen LogP contribution is -2.08. The molecule has 0 saturated carbocycles. The van der Waals surface area contributed by atoms with Gasteiger partial charge in [0.1, 0.15) is 0 Å². The van der Waals surface area contributed by atoms with Crippen molar-refractivity contribution in [3.63, 3.8) is 0 Å². The van der Waals surface area contributed by atoms with Crippen LogP contribution < -0.4 is 0 Å². The van der Waals surface area contributed by atoms with Gasteiger partial charge in [0.05, 0.1) is 11.9 Å². The van der Waals surface area contributed by atoms with Gasteiger partial charge in [0.15, 0.2) is 0 Å². The van der Waals surface area contributed by atoms with E-state index in [1.165, 1.54) is 5.56 Å². The summed E-state index contributed by atoms with van der Waals surface area (Å²) in [5.74, 6) is 0.536. The summed E-state index contributed by atoms with van der Waals surface area (Å²) in [5.41, 5.74) is 2.78. The van der Waals surface area contributed by atoms with E-state index in [1.54, 1.807) is 0 Å². The lowest BCUT2D eigenvalue weighted by atomic mass is 9.89. The molecule has 0 spiro atoms. The standard InChI is InChI=1S/C13H22N2/c1-10(2)11-8-12(15-14-9-11)6-7-13(3,4)5/h8-10H,6-7H2,1-5H3. The van der Waals surface area contributed by atoms with Gasteiger partial charge in [-0.3, -0.25) is 0 Å². The van der Waals surface area contributed by atoms with Crippen molar-refractivity contribution in [2.24, 2.45) is 5.41 Å². The molecule has 0 N–H and O–H groups in total. The van der Waals surface area contributed by atoms with Crippen LogP contribution in [0.1, 0.15) is 58.2 Å². The van der Waals surface area contributed by atoms with Crippen LogP contribution in [0.5, 0.6) is 0 Å². The number of rotatable bonds is 3. The van der Waals surface area contributed by atoms with E-state index in [9.17, 15) is 0 Å². The molecule has 1 heterocycles. The van der Waals surface area contributed by atoms with Gasteiger partial charge in [-0.2, -0.15) is 10.2 Å². The van der Waals surface area contributed by atoms with Crippen molar-refractivity contribution in [2.75, 3.05) is 0 Å². The first-order valence-electron chi connectivity index (χ1n) is 5.70. The summed E-state index contributed by atoms with van der Waals surface area (Å²) >= 11 is 0. The average Bonchev–Trinajstić information content (AvgIpc) is 2.14. The zero-order valence-corrected chi connectivity index (χ0v) is 10.5. The molecule has 2 nitrogen and oxygen atoms in total. The molecular weight excluding hydrogens is 184 g/mol. The predicted octanol–water partition coefficient (Wildman–Crippen LogP) is 3.58. The Kier molecular flexibility index (Phi) is 3.83. The van der Waals surface area contributed by atoms with Crippen LogP contribution in [0.15, 0.2) is 12.3 Å². The molecule has 1 aromatic rings. The molecule has 1 rings (SSSR count). The minimum absolute atomic E-state index is 0.371. The van der Waals surface area contributed by atoms with E-state index < -0.39 is 0 Å². The van der Waals surface area contributed by atoms with Crippen LogP contribution in [-0.4, -0.2) is 10.2 Å². The first-order chi connectivity index (χ1) is 6.88. The van der Waals surface area contributed by atoms with Crippen molar-refractivity contribution in [1.82, 2.24) is 10.2 Å². The number of aromatic nitrogens is 2. The quantitative estimate of drug-likeness (QED) is 0.755. The van der Waals surface area contributed by atoms with Crippen molar-refractivity contribution < 1.29 is 0 Å². The van der Waals surface area contributed by atoms with Gasteiger partial charge in [0.2, 0.25) is 0 Å². The molecule has 0 radical (unpaired) electrons. The molecule has 0 saturated heterocycles. The van der Waals surface area contributed by atoms with Crippen molar-refractivity contribution >= 4 is 0 Å². The summed E-state index contributed by atoms with van der Waals surface area (Å²) < 4.78 is 0. The number of hydrogen-bond donors (Lipinski definition) is 0. The maximum atomic E-state index is 4.17. The first kappa shape index (κ1) is 12.2. The molecule has 1 aromatic heterocycles. The van der Waals surface area contributed by atoms with E-state index in [0.29, 0.717) is 11.3 Å². The van der Waals surface area contributed by atoms with E-state index in [1.807, 2.05) is 6.20 Å². The Morgan fingerprint density at radius 1 is 1.27 bits per heavy atom. The molecule has 0 bridgehead atoms. The molecule has 0 unspecified atom stereocenters. The van der Waals surface area contributed by atoms with E-state index in [-0.39, 0.29) is 0 Å². The van der Waals surface area contributed by atoms with Crippen LogP contribution in [0, 0.1) is 5.41 Å². The molecule has 0 amide bonds. The van der Waals surface area contributed by atoms with Crippen LogP contribution in [0.3, 0.4) is 0 Å². The van der Waals surface area contributed by atoms with Gasteiger partial charge >= 0.3 is 0 Å². The van der Waals surface area contributed by atoms with Gasteiger partial charge in [-0.25, -0.2) is 0 Å². The maximum Gasteiger partial charge on any atom is 0.0634 e. The van der Waals surface area contributed by atoms with Crippen LogP contribution in [-0.2, 0) is 6.42 Å². The number of aryl methyl sites for hydroxylation is 1. The van der Waals surface area contributed by atoms with Crippen LogP contribution >= 0.6 is 0 Å². The highest BCUT2D eigenvalue weighted by Crippen LogP contribution is 2.21. The zero-order chi connectivity index (χ0) is 11.5. The lowest BCUT2D eigenvalue weighted by molar-refractivity contribution is 0.375. The molecule has 0 aliphatic heterocycles. The summed E-state index contributed by atoms with van der Waals surface area (Å²) in [5, 5.41) is 8.23. The van der Waals surface area contributed by atoms with Gasteiger partial charge in [0.25, 0.3) is 0 Å². The molecule has 0 atom stereocenters. The van der Waals surface area contributed by atoms with Crippen molar-refractivity contribution in [2.45, 2.75) is 53.4 Å². The van der Waals surface area contributed by atoms with E-state index in [0.717, 1.165) is 18.5 Å². The largest absolute Gasteiger partial charge is 0.159 e. The molecule has 0 fully saturated rings. The predicted molar refractivity (Wildman–Crippen MR) is 63.9 cm³/mol. The summed E-state index contributed by atoms with van der Waals surface area (Å²) in [6.45, 7) is 11.1. The second-order valence-electron chi connectivity index (χ2n) is 5.70. The summed E-state index contributed by atoms with van der Waals surface area (Å²) in [4.78, 5) is 0. The van der Waals surface area contributed by atoms with Crippen LogP contribution in [0.25, 0.3) is 0 Å². The van der Waals surface area contributed by atoms with E-state index in [4.69, 9.17) is 0 Å². The molecule has 2 heteroatoms. The third-order valence-electron chi connectivity index (χ3n) is 2.52. The monoisotopic (exact) mass is 206 g/mol. The Labute approximate surface area is 93.1 Å². The lowest BCUT2D eigenvalue weighted by Gasteiger charge is -2.17. The smallest absolute Gasteiger partial charge is 0.0634 e. The highest BCUT2D eigenvalue weighted by atomic mass is 15.1. The zero-order valence-electron chi connectivity index (χ0n) is 10.5. The highest BCUT2D eigenvalue weighted by molar-refractivity contribution is 5.16. The van der Waals surface area contributed by atoms with Crippen molar-refractivity contribution in [3.05, 3.63) is 23.5 Å². The SMILES string of the molecule is CC(C)c1cnnc(CCC(C)(C)C)c1. The second-order valence-corrected chi connectivity index (χ2v) is 5.70. The Morgan fingerprint density at radius 2 is 1.93 bits per heavy atom. The third kappa shape index (κ3) is 4.41. The molecule has 15 heavy (non-hydrogen) atoms. The molecule has 0 aromatic carbocycles. The second kappa shape index (κ2) is 4.73. The topological polar surface area (TPSA) is 25.8 Å². The van der Waals surface area contributed by atoms with Crippen molar-refractivity contribution in [3.8, 4) is 0 Å². The fourth-order valence-electron chi connectivity index (χ4n) is 1.37. The Balaban J connectivity index is 2.66. The molecular formula is C13H22N2. The molecule has 0 aliphatic carbocycles. The minimum Gasteiger partial charge on any atom is -0.159 e. The first-order valence-corrected chi connectivity index (χ1v) is 5.70. The minimum atomic E-state index is 0.371. The van der Waals surface area contributed by atoms with Crippen LogP contribution in [0.2, 0.25) is 0 Å². The summed E-state index contributed by atoms with van der Waals surface area (Å²) in [6.07, 6.45) is 4.05. The number of nitrogens with zero attached hydrogens (tertiary/aromatic N) is 2. The number of hydrogen-bond acceptors (Lipinski definition) is 2. The maximum absolute atomic E-state index is 4.17. The average molecular weight is 206 g/mol. The Hall–Kier alpha value is -0.920. The highest BCUT2D eigenvalue weighted by Gasteiger charge is 2.11. The third-order valence-corrected chi connectivity index (χ3v) is 2.52. The summed E-state index contributed by atoms with van der Waals surface area (Å²) in [7, 11) is 0.